The van der Waals surface area contributed by atoms with Crippen LogP contribution in [0.2, 0.25) is 0 Å². The van der Waals surface area contributed by atoms with E-state index in [1.165, 1.54) is 0 Å². The molecule has 0 fully saturated rings. The first-order valence-corrected chi connectivity index (χ1v) is 4.60. The van der Waals surface area contributed by atoms with Crippen LogP contribution < -0.4 is 9.47 Å². The third kappa shape index (κ3) is 2.98. The van der Waals surface area contributed by atoms with Gasteiger partial charge in [0, 0.05) is 0 Å². The number of benzene rings is 1. The molecule has 3 nitrogen and oxygen atoms in total. The second kappa shape index (κ2) is 5.87. The van der Waals surface area contributed by atoms with Crippen LogP contribution in [0.5, 0.6) is 11.5 Å². The summed E-state index contributed by atoms with van der Waals surface area (Å²) in [6.45, 7) is 2.75. The lowest BCUT2D eigenvalue weighted by Crippen LogP contribution is -2.00. The van der Waals surface area contributed by atoms with Crippen molar-refractivity contribution < 1.29 is 9.47 Å². The monoisotopic (exact) mass is 191 g/mol. The number of hydrogen-bond acceptors (Lipinski definition) is 3. The van der Waals surface area contributed by atoms with Crippen molar-refractivity contribution >= 4 is 0 Å². The smallest absolute Gasteiger partial charge is 0.174 e. The summed E-state index contributed by atoms with van der Waals surface area (Å²) in [6, 6.07) is 9.28. The molecule has 0 unspecified atom stereocenters. The highest BCUT2D eigenvalue weighted by atomic mass is 16.5. The van der Waals surface area contributed by atoms with Crippen LogP contribution in [-0.4, -0.2) is 13.2 Å². The van der Waals surface area contributed by atoms with E-state index in [4.69, 9.17) is 14.7 Å². The molecular weight excluding hydrogens is 178 g/mol. The maximum absolute atomic E-state index is 8.38. The minimum atomic E-state index is 0.0481. The lowest BCUT2D eigenvalue weighted by Gasteiger charge is -2.09. The van der Waals surface area contributed by atoms with Gasteiger partial charge in [-0.1, -0.05) is 19.1 Å². The van der Waals surface area contributed by atoms with Crippen molar-refractivity contribution in [1.29, 1.82) is 5.26 Å². The molecule has 0 aliphatic rings. The standard InChI is InChI=1S/C11H13NO2/c1-2-8-13-10-5-3-4-6-11(10)14-9-7-12/h3-6H,2,8-9H2,1H3. The van der Waals surface area contributed by atoms with E-state index < -0.39 is 0 Å². The Hall–Kier alpha value is -1.69. The minimum absolute atomic E-state index is 0.0481. The first-order chi connectivity index (χ1) is 6.88. The Balaban J connectivity index is 2.65. The molecule has 0 amide bonds. The zero-order chi connectivity index (χ0) is 10.2. The molecule has 14 heavy (non-hydrogen) atoms. The molecule has 0 saturated carbocycles. The topological polar surface area (TPSA) is 42.2 Å². The number of nitriles is 1. The largest absolute Gasteiger partial charge is 0.490 e. The zero-order valence-electron chi connectivity index (χ0n) is 8.19. The van der Waals surface area contributed by atoms with Crippen molar-refractivity contribution in [2.45, 2.75) is 13.3 Å². The molecule has 3 heteroatoms. The molecule has 0 aliphatic heterocycles. The van der Waals surface area contributed by atoms with Crippen LogP contribution in [0.4, 0.5) is 0 Å². The lowest BCUT2D eigenvalue weighted by atomic mass is 10.3. The quantitative estimate of drug-likeness (QED) is 0.717. The lowest BCUT2D eigenvalue weighted by molar-refractivity contribution is 0.285. The van der Waals surface area contributed by atoms with E-state index >= 15 is 0 Å². The van der Waals surface area contributed by atoms with E-state index in [-0.39, 0.29) is 6.61 Å². The predicted molar refractivity (Wildman–Crippen MR) is 53.3 cm³/mol. The van der Waals surface area contributed by atoms with E-state index in [1.807, 2.05) is 31.2 Å². The summed E-state index contributed by atoms with van der Waals surface area (Å²) in [6.07, 6.45) is 0.951. The maximum atomic E-state index is 8.38. The van der Waals surface area contributed by atoms with Crippen LogP contribution in [0.15, 0.2) is 24.3 Å². The van der Waals surface area contributed by atoms with E-state index in [9.17, 15) is 0 Å². The van der Waals surface area contributed by atoms with Crippen molar-refractivity contribution in [2.24, 2.45) is 0 Å². The van der Waals surface area contributed by atoms with Crippen molar-refractivity contribution in [3.8, 4) is 17.6 Å². The van der Waals surface area contributed by atoms with Gasteiger partial charge in [-0.15, -0.1) is 0 Å². The molecule has 0 atom stereocenters. The minimum Gasteiger partial charge on any atom is -0.490 e. The molecule has 0 saturated heterocycles. The summed E-state index contributed by atoms with van der Waals surface area (Å²) in [4.78, 5) is 0. The van der Waals surface area contributed by atoms with Crippen LogP contribution in [-0.2, 0) is 0 Å². The predicted octanol–water partition coefficient (Wildman–Crippen LogP) is 2.38. The molecule has 0 bridgehead atoms. The fourth-order valence-electron chi connectivity index (χ4n) is 1.01. The van der Waals surface area contributed by atoms with Crippen LogP contribution in [0.25, 0.3) is 0 Å². The Bertz CT molecular complexity index is 317. The van der Waals surface area contributed by atoms with Crippen LogP contribution in [0.3, 0.4) is 0 Å². The van der Waals surface area contributed by atoms with Gasteiger partial charge in [-0.3, -0.25) is 0 Å². The Kier molecular flexibility index (Phi) is 4.36. The first kappa shape index (κ1) is 10.4. The molecule has 74 valence electrons. The summed E-state index contributed by atoms with van der Waals surface area (Å²) in [7, 11) is 0. The molecule has 0 aliphatic carbocycles. The van der Waals surface area contributed by atoms with Gasteiger partial charge in [0.2, 0.25) is 0 Å². The molecule has 1 aromatic rings. The van der Waals surface area contributed by atoms with Crippen molar-refractivity contribution in [3.63, 3.8) is 0 Å². The highest BCUT2D eigenvalue weighted by Crippen LogP contribution is 2.26. The van der Waals surface area contributed by atoms with Gasteiger partial charge in [0.15, 0.2) is 18.1 Å². The fourth-order valence-corrected chi connectivity index (χ4v) is 1.01. The summed E-state index contributed by atoms with van der Waals surface area (Å²) in [5, 5.41) is 8.38. The number of rotatable bonds is 5. The number of ether oxygens (including phenoxy) is 2. The van der Waals surface area contributed by atoms with Crippen LogP contribution >= 0.6 is 0 Å². The van der Waals surface area contributed by atoms with Gasteiger partial charge in [0.25, 0.3) is 0 Å². The van der Waals surface area contributed by atoms with E-state index in [0.717, 1.165) is 6.42 Å². The van der Waals surface area contributed by atoms with Gasteiger partial charge in [-0.05, 0) is 18.6 Å². The molecule has 0 N–H and O–H groups in total. The zero-order valence-corrected chi connectivity index (χ0v) is 8.19. The third-order valence-corrected chi connectivity index (χ3v) is 1.60. The summed E-state index contributed by atoms with van der Waals surface area (Å²) < 4.78 is 10.6. The molecule has 0 aromatic heterocycles. The Morgan fingerprint density at radius 3 is 2.43 bits per heavy atom. The molecule has 1 aromatic carbocycles. The first-order valence-electron chi connectivity index (χ1n) is 4.60. The van der Waals surface area contributed by atoms with Crippen LogP contribution in [0.1, 0.15) is 13.3 Å². The van der Waals surface area contributed by atoms with Gasteiger partial charge in [-0.25, -0.2) is 0 Å². The van der Waals surface area contributed by atoms with Crippen molar-refractivity contribution in [3.05, 3.63) is 24.3 Å². The van der Waals surface area contributed by atoms with E-state index in [2.05, 4.69) is 0 Å². The summed E-state index contributed by atoms with van der Waals surface area (Å²) in [5.41, 5.74) is 0. The molecule has 0 heterocycles. The second-order valence-corrected chi connectivity index (χ2v) is 2.74. The third-order valence-electron chi connectivity index (χ3n) is 1.60. The SMILES string of the molecule is CCCOc1ccccc1OCC#N. The average Bonchev–Trinajstić information content (AvgIpc) is 2.24. The molecule has 1 rings (SSSR count). The van der Waals surface area contributed by atoms with Gasteiger partial charge < -0.3 is 9.47 Å². The van der Waals surface area contributed by atoms with E-state index in [0.29, 0.717) is 18.1 Å². The highest BCUT2D eigenvalue weighted by Gasteiger charge is 2.02. The number of nitrogens with zero attached hydrogens (tertiary/aromatic N) is 1. The van der Waals surface area contributed by atoms with Gasteiger partial charge >= 0.3 is 0 Å². The van der Waals surface area contributed by atoms with Crippen molar-refractivity contribution in [2.75, 3.05) is 13.2 Å². The number of para-hydroxylation sites is 2. The van der Waals surface area contributed by atoms with Gasteiger partial charge in [0.1, 0.15) is 6.07 Å². The molecular formula is C11H13NO2. The second-order valence-electron chi connectivity index (χ2n) is 2.74. The highest BCUT2D eigenvalue weighted by molar-refractivity contribution is 5.39. The fraction of sp³-hybridized carbons (Fsp3) is 0.364. The average molecular weight is 191 g/mol. The summed E-state index contributed by atoms with van der Waals surface area (Å²) >= 11 is 0. The Morgan fingerprint density at radius 1 is 1.21 bits per heavy atom. The normalized spacial score (nSPS) is 9.14. The Morgan fingerprint density at radius 2 is 1.86 bits per heavy atom. The molecule has 0 spiro atoms. The van der Waals surface area contributed by atoms with Gasteiger partial charge in [0.05, 0.1) is 6.61 Å². The van der Waals surface area contributed by atoms with Gasteiger partial charge in [-0.2, -0.15) is 5.26 Å². The van der Waals surface area contributed by atoms with E-state index in [1.54, 1.807) is 6.07 Å². The Labute approximate surface area is 83.9 Å². The van der Waals surface area contributed by atoms with Crippen LogP contribution in [0, 0.1) is 11.3 Å². The number of hydrogen-bond donors (Lipinski definition) is 0. The van der Waals surface area contributed by atoms with Crippen molar-refractivity contribution in [1.82, 2.24) is 0 Å². The maximum Gasteiger partial charge on any atom is 0.174 e. The summed E-state index contributed by atoms with van der Waals surface area (Å²) in [5.74, 6) is 1.33. The molecule has 0 radical (unpaired) electrons.